The molecule has 0 aromatic carbocycles. The van der Waals surface area contributed by atoms with Gasteiger partial charge in [-0.25, -0.2) is 0 Å². The highest BCUT2D eigenvalue weighted by Crippen LogP contribution is 2.23. The van der Waals surface area contributed by atoms with Crippen molar-refractivity contribution in [3.8, 4) is 0 Å². The van der Waals surface area contributed by atoms with Gasteiger partial charge in [0, 0.05) is 18.5 Å². The summed E-state index contributed by atoms with van der Waals surface area (Å²) in [5.74, 6) is 1.52. The van der Waals surface area contributed by atoms with Crippen LogP contribution in [0.4, 0.5) is 0 Å². The van der Waals surface area contributed by atoms with E-state index < -0.39 is 0 Å². The summed E-state index contributed by atoms with van der Waals surface area (Å²) in [5.41, 5.74) is 0. The average molecular weight is 252 g/mol. The maximum absolute atomic E-state index is 5.35. The van der Waals surface area contributed by atoms with Crippen molar-refractivity contribution in [2.75, 3.05) is 13.6 Å². The van der Waals surface area contributed by atoms with E-state index in [0.717, 1.165) is 18.1 Å². The van der Waals surface area contributed by atoms with E-state index in [2.05, 4.69) is 34.2 Å². The predicted molar refractivity (Wildman–Crippen MR) is 70.3 cm³/mol. The van der Waals surface area contributed by atoms with Gasteiger partial charge in [-0.15, -0.1) is 0 Å². The van der Waals surface area contributed by atoms with E-state index in [-0.39, 0.29) is 6.04 Å². The van der Waals surface area contributed by atoms with E-state index in [9.17, 15) is 0 Å². The molecule has 1 aromatic rings. The number of hydrogen-bond acceptors (Lipinski definition) is 5. The van der Waals surface area contributed by atoms with Crippen molar-refractivity contribution in [1.29, 1.82) is 0 Å². The van der Waals surface area contributed by atoms with Crippen molar-refractivity contribution in [3.05, 3.63) is 11.7 Å². The first kappa shape index (κ1) is 13.5. The minimum absolute atomic E-state index is 0.146. The van der Waals surface area contributed by atoms with Crippen LogP contribution < -0.4 is 5.32 Å². The molecule has 5 heteroatoms. The van der Waals surface area contributed by atoms with E-state index in [4.69, 9.17) is 4.52 Å². The average Bonchev–Trinajstić information content (AvgIpc) is 2.97. The van der Waals surface area contributed by atoms with Crippen LogP contribution in [0.1, 0.15) is 51.4 Å². The second-order valence-corrected chi connectivity index (χ2v) is 5.39. The number of rotatable bonds is 5. The first-order chi connectivity index (χ1) is 8.61. The molecule has 1 saturated heterocycles. The van der Waals surface area contributed by atoms with Crippen LogP contribution in [0.5, 0.6) is 0 Å². The molecule has 0 bridgehead atoms. The fourth-order valence-electron chi connectivity index (χ4n) is 2.61. The first-order valence-electron chi connectivity index (χ1n) is 6.87. The Balaban J connectivity index is 1.98. The predicted octanol–water partition coefficient (Wildman–Crippen LogP) is 1.77. The highest BCUT2D eigenvalue weighted by molar-refractivity contribution is 4.95. The third-order valence-electron chi connectivity index (χ3n) is 3.80. The van der Waals surface area contributed by atoms with Crippen LogP contribution in [-0.4, -0.2) is 40.7 Å². The van der Waals surface area contributed by atoms with E-state index >= 15 is 0 Å². The van der Waals surface area contributed by atoms with Crippen molar-refractivity contribution < 1.29 is 4.52 Å². The molecular formula is C13H24N4O. The Labute approximate surface area is 109 Å². The largest absolute Gasteiger partial charge is 0.339 e. The topological polar surface area (TPSA) is 54.2 Å². The molecule has 0 saturated carbocycles. The van der Waals surface area contributed by atoms with Gasteiger partial charge in [-0.3, -0.25) is 4.90 Å². The Hall–Kier alpha value is -0.940. The Morgan fingerprint density at radius 2 is 2.22 bits per heavy atom. The van der Waals surface area contributed by atoms with Gasteiger partial charge in [0.25, 0.3) is 0 Å². The van der Waals surface area contributed by atoms with Crippen LogP contribution in [0.15, 0.2) is 4.52 Å². The Morgan fingerprint density at radius 1 is 1.44 bits per heavy atom. The van der Waals surface area contributed by atoms with Crippen LogP contribution in [0.25, 0.3) is 0 Å². The SMILES string of the molecule is CNC(C)c1noc(CC2CCCN2C(C)C)n1. The standard InChI is InChI=1S/C13H24N4O/c1-9(2)17-7-5-6-11(17)8-12-15-13(16-18-12)10(3)14-4/h9-11,14H,5-8H2,1-4H3. The van der Waals surface area contributed by atoms with Gasteiger partial charge in [-0.2, -0.15) is 4.98 Å². The molecule has 102 valence electrons. The van der Waals surface area contributed by atoms with Gasteiger partial charge in [0.1, 0.15) is 0 Å². The molecule has 5 nitrogen and oxygen atoms in total. The lowest BCUT2D eigenvalue weighted by atomic mass is 10.1. The van der Waals surface area contributed by atoms with Gasteiger partial charge in [-0.1, -0.05) is 5.16 Å². The Bertz CT molecular complexity index is 377. The van der Waals surface area contributed by atoms with Crippen LogP contribution in [0.2, 0.25) is 0 Å². The summed E-state index contributed by atoms with van der Waals surface area (Å²) in [6, 6.07) is 1.30. The summed E-state index contributed by atoms with van der Waals surface area (Å²) < 4.78 is 5.35. The van der Waals surface area contributed by atoms with Crippen molar-refractivity contribution in [1.82, 2.24) is 20.4 Å². The van der Waals surface area contributed by atoms with Gasteiger partial charge in [0.2, 0.25) is 5.89 Å². The minimum atomic E-state index is 0.146. The Morgan fingerprint density at radius 3 is 2.89 bits per heavy atom. The van der Waals surface area contributed by atoms with Gasteiger partial charge >= 0.3 is 0 Å². The smallest absolute Gasteiger partial charge is 0.228 e. The molecule has 0 aliphatic carbocycles. The first-order valence-corrected chi connectivity index (χ1v) is 6.87. The normalized spacial score (nSPS) is 22.8. The molecule has 2 unspecified atom stereocenters. The highest BCUT2D eigenvalue weighted by Gasteiger charge is 2.28. The van der Waals surface area contributed by atoms with E-state index in [1.807, 2.05) is 14.0 Å². The third-order valence-corrected chi connectivity index (χ3v) is 3.80. The molecule has 1 aliphatic heterocycles. The number of nitrogens with zero attached hydrogens (tertiary/aromatic N) is 3. The third kappa shape index (κ3) is 2.90. The molecule has 0 spiro atoms. The zero-order valence-corrected chi connectivity index (χ0v) is 11.8. The molecule has 0 amide bonds. The lowest BCUT2D eigenvalue weighted by Crippen LogP contribution is -2.36. The molecule has 2 heterocycles. The van der Waals surface area contributed by atoms with E-state index in [0.29, 0.717) is 12.1 Å². The highest BCUT2D eigenvalue weighted by atomic mass is 16.5. The molecule has 1 N–H and O–H groups in total. The maximum atomic E-state index is 5.35. The van der Waals surface area contributed by atoms with Crippen LogP contribution >= 0.6 is 0 Å². The lowest BCUT2D eigenvalue weighted by Gasteiger charge is -2.27. The summed E-state index contributed by atoms with van der Waals surface area (Å²) in [6.07, 6.45) is 3.38. The van der Waals surface area contributed by atoms with Gasteiger partial charge in [-0.05, 0) is 47.2 Å². The zero-order valence-electron chi connectivity index (χ0n) is 11.8. The quantitative estimate of drug-likeness (QED) is 0.865. The summed E-state index contributed by atoms with van der Waals surface area (Å²) in [4.78, 5) is 7.00. The van der Waals surface area contributed by atoms with Crippen molar-refractivity contribution >= 4 is 0 Å². The minimum Gasteiger partial charge on any atom is -0.339 e. The molecule has 2 rings (SSSR count). The van der Waals surface area contributed by atoms with E-state index in [1.54, 1.807) is 0 Å². The second-order valence-electron chi connectivity index (χ2n) is 5.39. The summed E-state index contributed by atoms with van der Waals surface area (Å²) in [5, 5.41) is 7.15. The monoisotopic (exact) mass is 252 g/mol. The van der Waals surface area contributed by atoms with Gasteiger partial charge < -0.3 is 9.84 Å². The van der Waals surface area contributed by atoms with E-state index in [1.165, 1.54) is 19.4 Å². The summed E-state index contributed by atoms with van der Waals surface area (Å²) in [6.45, 7) is 7.72. The summed E-state index contributed by atoms with van der Waals surface area (Å²) >= 11 is 0. The number of nitrogens with one attached hydrogen (secondary N) is 1. The van der Waals surface area contributed by atoms with Gasteiger partial charge in [0.15, 0.2) is 5.82 Å². The fraction of sp³-hybridized carbons (Fsp3) is 0.846. The number of likely N-dealkylation sites (tertiary alicyclic amines) is 1. The van der Waals surface area contributed by atoms with Crippen LogP contribution in [-0.2, 0) is 6.42 Å². The number of aromatic nitrogens is 2. The molecular weight excluding hydrogens is 228 g/mol. The molecule has 1 fully saturated rings. The van der Waals surface area contributed by atoms with Crippen molar-refractivity contribution in [2.45, 2.75) is 58.2 Å². The maximum Gasteiger partial charge on any atom is 0.228 e. The molecule has 1 aromatic heterocycles. The Kier molecular flexibility index (Phi) is 4.35. The van der Waals surface area contributed by atoms with Crippen LogP contribution in [0.3, 0.4) is 0 Å². The van der Waals surface area contributed by atoms with Crippen molar-refractivity contribution in [3.63, 3.8) is 0 Å². The zero-order chi connectivity index (χ0) is 13.1. The summed E-state index contributed by atoms with van der Waals surface area (Å²) in [7, 11) is 1.90. The fourth-order valence-corrected chi connectivity index (χ4v) is 2.61. The van der Waals surface area contributed by atoms with Gasteiger partial charge in [0.05, 0.1) is 6.04 Å². The number of hydrogen-bond donors (Lipinski definition) is 1. The lowest BCUT2D eigenvalue weighted by molar-refractivity contribution is 0.192. The molecule has 18 heavy (non-hydrogen) atoms. The molecule has 1 aliphatic rings. The van der Waals surface area contributed by atoms with Crippen LogP contribution in [0, 0.1) is 0 Å². The van der Waals surface area contributed by atoms with Crippen molar-refractivity contribution in [2.24, 2.45) is 0 Å². The second kappa shape index (κ2) is 5.80. The molecule has 0 radical (unpaired) electrons. The molecule has 2 atom stereocenters.